The topological polar surface area (TPSA) is 58.6 Å². The SMILES string of the molecule is CCCCOC(=O)NC1CCCC1O. The highest BCUT2D eigenvalue weighted by Crippen LogP contribution is 2.18. The number of hydrogen-bond donors (Lipinski definition) is 2. The van der Waals surface area contributed by atoms with Gasteiger partial charge in [-0.1, -0.05) is 13.3 Å². The maximum Gasteiger partial charge on any atom is 0.407 e. The van der Waals surface area contributed by atoms with Gasteiger partial charge in [0, 0.05) is 0 Å². The highest BCUT2D eigenvalue weighted by Gasteiger charge is 2.26. The van der Waals surface area contributed by atoms with Gasteiger partial charge in [-0.3, -0.25) is 0 Å². The van der Waals surface area contributed by atoms with E-state index in [1.54, 1.807) is 0 Å². The van der Waals surface area contributed by atoms with Crippen molar-refractivity contribution in [2.45, 2.75) is 51.2 Å². The summed E-state index contributed by atoms with van der Waals surface area (Å²) in [4.78, 5) is 11.2. The molecule has 1 aliphatic carbocycles. The monoisotopic (exact) mass is 201 g/mol. The summed E-state index contributed by atoms with van der Waals surface area (Å²) in [6.45, 7) is 2.51. The number of amides is 1. The summed E-state index contributed by atoms with van der Waals surface area (Å²) in [5.41, 5.74) is 0. The normalized spacial score (nSPS) is 26.1. The molecule has 1 aliphatic rings. The molecule has 2 N–H and O–H groups in total. The molecule has 0 aromatic carbocycles. The molecule has 1 rings (SSSR count). The first-order chi connectivity index (χ1) is 6.74. The third-order valence-corrected chi connectivity index (χ3v) is 2.51. The molecule has 0 bridgehead atoms. The molecule has 2 atom stereocenters. The predicted molar refractivity (Wildman–Crippen MR) is 53.0 cm³/mol. The minimum Gasteiger partial charge on any atom is -0.450 e. The number of nitrogens with one attached hydrogen (secondary N) is 1. The summed E-state index contributed by atoms with van der Waals surface area (Å²) in [6.07, 6.45) is 3.71. The van der Waals surface area contributed by atoms with Crippen molar-refractivity contribution >= 4 is 6.09 Å². The fourth-order valence-corrected chi connectivity index (χ4v) is 1.61. The molecule has 0 heterocycles. The molecule has 1 fully saturated rings. The number of hydrogen-bond acceptors (Lipinski definition) is 3. The first-order valence-electron chi connectivity index (χ1n) is 5.35. The second kappa shape index (κ2) is 5.86. The van der Waals surface area contributed by atoms with Crippen molar-refractivity contribution in [2.75, 3.05) is 6.61 Å². The van der Waals surface area contributed by atoms with E-state index in [4.69, 9.17) is 4.74 Å². The maximum atomic E-state index is 11.2. The molecule has 0 aromatic rings. The van der Waals surface area contributed by atoms with Crippen LogP contribution < -0.4 is 5.32 Å². The van der Waals surface area contributed by atoms with Crippen molar-refractivity contribution < 1.29 is 14.6 Å². The van der Waals surface area contributed by atoms with Crippen LogP contribution in [0.4, 0.5) is 4.79 Å². The molecule has 1 saturated carbocycles. The Kier molecular flexibility index (Phi) is 4.73. The van der Waals surface area contributed by atoms with Crippen LogP contribution >= 0.6 is 0 Å². The van der Waals surface area contributed by atoms with Crippen LogP contribution in [0.25, 0.3) is 0 Å². The van der Waals surface area contributed by atoms with Gasteiger partial charge in [-0.2, -0.15) is 0 Å². The summed E-state index contributed by atoms with van der Waals surface area (Å²) < 4.78 is 4.93. The first kappa shape index (κ1) is 11.3. The standard InChI is InChI=1S/C10H19NO3/c1-2-3-7-14-10(13)11-8-5-4-6-9(8)12/h8-9,12H,2-7H2,1H3,(H,11,13). The van der Waals surface area contributed by atoms with E-state index in [1.807, 2.05) is 6.92 Å². The van der Waals surface area contributed by atoms with E-state index in [1.165, 1.54) is 0 Å². The molecule has 0 spiro atoms. The average Bonchev–Trinajstić information content (AvgIpc) is 2.52. The van der Waals surface area contributed by atoms with Gasteiger partial charge in [-0.05, 0) is 25.7 Å². The number of rotatable bonds is 4. The first-order valence-corrected chi connectivity index (χ1v) is 5.35. The van der Waals surface area contributed by atoms with Gasteiger partial charge in [0.2, 0.25) is 0 Å². The number of unbranched alkanes of at least 4 members (excludes halogenated alkanes) is 1. The van der Waals surface area contributed by atoms with Gasteiger partial charge in [0.1, 0.15) is 0 Å². The summed E-state index contributed by atoms with van der Waals surface area (Å²) >= 11 is 0. The number of ether oxygens (including phenoxy) is 1. The average molecular weight is 201 g/mol. The Morgan fingerprint density at radius 1 is 1.57 bits per heavy atom. The van der Waals surface area contributed by atoms with Crippen LogP contribution in [0.15, 0.2) is 0 Å². The second-order valence-corrected chi connectivity index (χ2v) is 3.74. The number of carbonyl (C=O) groups excluding carboxylic acids is 1. The number of alkyl carbamates (subject to hydrolysis) is 1. The lowest BCUT2D eigenvalue weighted by molar-refractivity contribution is 0.116. The number of aliphatic hydroxyl groups is 1. The lowest BCUT2D eigenvalue weighted by Crippen LogP contribution is -2.40. The predicted octanol–water partition coefficient (Wildman–Crippen LogP) is 1.43. The molecule has 4 nitrogen and oxygen atoms in total. The van der Waals surface area contributed by atoms with Gasteiger partial charge in [0.25, 0.3) is 0 Å². The van der Waals surface area contributed by atoms with E-state index in [-0.39, 0.29) is 6.04 Å². The minimum atomic E-state index is -0.399. The third-order valence-electron chi connectivity index (χ3n) is 2.51. The van der Waals surface area contributed by atoms with Crippen molar-refractivity contribution in [3.05, 3.63) is 0 Å². The minimum absolute atomic E-state index is 0.107. The molecule has 0 saturated heterocycles. The van der Waals surface area contributed by atoms with Crippen LogP contribution in [0.5, 0.6) is 0 Å². The quantitative estimate of drug-likeness (QED) is 0.676. The molecule has 0 radical (unpaired) electrons. The largest absolute Gasteiger partial charge is 0.450 e. The van der Waals surface area contributed by atoms with Gasteiger partial charge in [-0.15, -0.1) is 0 Å². The summed E-state index contributed by atoms with van der Waals surface area (Å²) in [5, 5.41) is 12.1. The summed E-state index contributed by atoms with van der Waals surface area (Å²) in [5.74, 6) is 0. The Bertz CT molecular complexity index is 184. The van der Waals surface area contributed by atoms with Gasteiger partial charge in [0.15, 0.2) is 0 Å². The Hall–Kier alpha value is -0.770. The summed E-state index contributed by atoms with van der Waals surface area (Å²) in [6, 6.07) is -0.107. The fraction of sp³-hybridized carbons (Fsp3) is 0.900. The fourth-order valence-electron chi connectivity index (χ4n) is 1.61. The van der Waals surface area contributed by atoms with Gasteiger partial charge < -0.3 is 15.2 Å². The van der Waals surface area contributed by atoms with Crippen molar-refractivity contribution in [3.63, 3.8) is 0 Å². The van der Waals surface area contributed by atoms with Crippen LogP contribution in [0.3, 0.4) is 0 Å². The Morgan fingerprint density at radius 3 is 2.93 bits per heavy atom. The molecule has 2 unspecified atom stereocenters. The van der Waals surface area contributed by atoms with Crippen LogP contribution in [0, 0.1) is 0 Å². The van der Waals surface area contributed by atoms with Crippen LogP contribution in [0.2, 0.25) is 0 Å². The highest BCUT2D eigenvalue weighted by atomic mass is 16.5. The van der Waals surface area contributed by atoms with Crippen molar-refractivity contribution in [2.24, 2.45) is 0 Å². The van der Waals surface area contributed by atoms with Crippen LogP contribution in [-0.4, -0.2) is 30.0 Å². The van der Waals surface area contributed by atoms with E-state index < -0.39 is 12.2 Å². The molecular formula is C10H19NO3. The molecule has 4 heteroatoms. The van der Waals surface area contributed by atoms with E-state index in [2.05, 4.69) is 5.32 Å². The molecular weight excluding hydrogens is 182 g/mol. The lowest BCUT2D eigenvalue weighted by Gasteiger charge is -2.15. The summed E-state index contributed by atoms with van der Waals surface area (Å²) in [7, 11) is 0. The van der Waals surface area contributed by atoms with E-state index >= 15 is 0 Å². The van der Waals surface area contributed by atoms with Gasteiger partial charge >= 0.3 is 6.09 Å². The molecule has 82 valence electrons. The zero-order chi connectivity index (χ0) is 10.4. The third kappa shape index (κ3) is 3.54. The number of carbonyl (C=O) groups is 1. The zero-order valence-corrected chi connectivity index (χ0v) is 8.66. The highest BCUT2D eigenvalue weighted by molar-refractivity contribution is 5.67. The van der Waals surface area contributed by atoms with Crippen molar-refractivity contribution in [1.82, 2.24) is 5.32 Å². The van der Waals surface area contributed by atoms with Crippen LogP contribution in [0.1, 0.15) is 39.0 Å². The van der Waals surface area contributed by atoms with Crippen LogP contribution in [-0.2, 0) is 4.74 Å². The van der Waals surface area contributed by atoms with Crippen molar-refractivity contribution in [3.8, 4) is 0 Å². The Morgan fingerprint density at radius 2 is 2.36 bits per heavy atom. The molecule has 1 amide bonds. The van der Waals surface area contributed by atoms with E-state index in [0.29, 0.717) is 6.61 Å². The Balaban J connectivity index is 2.13. The molecule has 0 aliphatic heterocycles. The second-order valence-electron chi connectivity index (χ2n) is 3.74. The van der Waals surface area contributed by atoms with E-state index in [9.17, 15) is 9.90 Å². The van der Waals surface area contributed by atoms with E-state index in [0.717, 1.165) is 32.1 Å². The lowest BCUT2D eigenvalue weighted by atomic mass is 10.2. The Labute approximate surface area is 84.6 Å². The van der Waals surface area contributed by atoms with Crippen molar-refractivity contribution in [1.29, 1.82) is 0 Å². The zero-order valence-electron chi connectivity index (χ0n) is 8.66. The van der Waals surface area contributed by atoms with Gasteiger partial charge in [0.05, 0.1) is 18.8 Å². The number of aliphatic hydroxyl groups excluding tert-OH is 1. The van der Waals surface area contributed by atoms with Gasteiger partial charge in [-0.25, -0.2) is 4.79 Å². The molecule has 14 heavy (non-hydrogen) atoms. The maximum absolute atomic E-state index is 11.2. The molecule has 0 aromatic heterocycles. The smallest absolute Gasteiger partial charge is 0.407 e.